The van der Waals surface area contributed by atoms with Crippen molar-refractivity contribution in [3.63, 3.8) is 0 Å². The van der Waals surface area contributed by atoms with Gasteiger partial charge in [-0.15, -0.1) is 0 Å². The van der Waals surface area contributed by atoms with E-state index in [2.05, 4.69) is 26.1 Å². The number of nitrogens with zero attached hydrogens (tertiary/aromatic N) is 2. The van der Waals surface area contributed by atoms with Gasteiger partial charge in [0, 0.05) is 31.9 Å². The fourth-order valence-corrected chi connectivity index (χ4v) is 2.31. The number of aromatic nitrogens is 2. The summed E-state index contributed by atoms with van der Waals surface area (Å²) in [6.07, 6.45) is 1.51. The lowest BCUT2D eigenvalue weighted by molar-refractivity contribution is 0.0958. The third kappa shape index (κ3) is 5.07. The number of pyridine rings is 1. The summed E-state index contributed by atoms with van der Waals surface area (Å²) in [5.41, 5.74) is 1.16. The van der Waals surface area contributed by atoms with Crippen LogP contribution in [0.4, 0.5) is 10.6 Å². The average molecular weight is 381 g/mol. The quantitative estimate of drug-likeness (QED) is 0.604. The molecule has 0 unspecified atom stereocenters. The Morgan fingerprint density at radius 1 is 1.11 bits per heavy atom. The molecule has 9 heteroatoms. The highest BCUT2D eigenvalue weighted by Gasteiger charge is 2.08. The molecule has 1 aromatic carbocycles. The third-order valence-corrected chi connectivity index (χ3v) is 3.67. The standard InChI is InChI=1S/C19H19N5O4/c1-12-9-17(24-28-12)23-19(26)22-11-13-3-5-14(6-4-13)27-15-7-8-21-16(10-15)18(25)20-2/h3-10H,11H2,1-2H3,(H,20,25)(H2,22,23,24,26). The first-order valence-electron chi connectivity index (χ1n) is 8.46. The van der Waals surface area contributed by atoms with Crippen molar-refractivity contribution in [2.45, 2.75) is 13.5 Å². The van der Waals surface area contributed by atoms with Crippen molar-refractivity contribution >= 4 is 17.8 Å². The SMILES string of the molecule is CNC(=O)c1cc(Oc2ccc(CNC(=O)Nc3cc(C)on3)cc2)ccn1. The molecule has 3 N–H and O–H groups in total. The van der Waals surface area contributed by atoms with E-state index in [9.17, 15) is 9.59 Å². The maximum Gasteiger partial charge on any atom is 0.320 e. The summed E-state index contributed by atoms with van der Waals surface area (Å²) >= 11 is 0. The molecule has 3 aromatic rings. The molecule has 2 heterocycles. The first kappa shape index (κ1) is 18.9. The number of benzene rings is 1. The van der Waals surface area contributed by atoms with Gasteiger partial charge in [-0.05, 0) is 30.7 Å². The number of hydrogen-bond acceptors (Lipinski definition) is 6. The third-order valence-electron chi connectivity index (χ3n) is 3.67. The number of nitrogens with one attached hydrogen (secondary N) is 3. The lowest BCUT2D eigenvalue weighted by atomic mass is 10.2. The number of hydrogen-bond donors (Lipinski definition) is 3. The topological polar surface area (TPSA) is 118 Å². The van der Waals surface area contributed by atoms with Crippen LogP contribution < -0.4 is 20.7 Å². The van der Waals surface area contributed by atoms with Gasteiger partial charge in [0.15, 0.2) is 5.82 Å². The summed E-state index contributed by atoms with van der Waals surface area (Å²) in [6, 6.07) is 11.7. The molecule has 9 nitrogen and oxygen atoms in total. The van der Waals surface area contributed by atoms with Gasteiger partial charge >= 0.3 is 6.03 Å². The van der Waals surface area contributed by atoms with E-state index in [-0.39, 0.29) is 17.6 Å². The summed E-state index contributed by atoms with van der Waals surface area (Å²) in [5.74, 6) is 1.78. The van der Waals surface area contributed by atoms with Gasteiger partial charge in [0.05, 0.1) is 0 Å². The highest BCUT2D eigenvalue weighted by molar-refractivity contribution is 5.92. The van der Waals surface area contributed by atoms with Crippen molar-refractivity contribution in [2.75, 3.05) is 12.4 Å². The molecule has 3 rings (SSSR count). The number of carbonyl (C=O) groups is 2. The maximum absolute atomic E-state index is 11.8. The molecule has 0 bridgehead atoms. The maximum atomic E-state index is 11.8. The minimum Gasteiger partial charge on any atom is -0.457 e. The van der Waals surface area contributed by atoms with Gasteiger partial charge in [0.2, 0.25) is 0 Å². The van der Waals surface area contributed by atoms with Gasteiger partial charge < -0.3 is 19.9 Å². The van der Waals surface area contributed by atoms with E-state index < -0.39 is 0 Å². The number of aryl methyl sites for hydroxylation is 1. The normalized spacial score (nSPS) is 10.2. The van der Waals surface area contributed by atoms with Gasteiger partial charge in [-0.25, -0.2) is 4.79 Å². The number of ether oxygens (including phenoxy) is 1. The lowest BCUT2D eigenvalue weighted by Crippen LogP contribution is -2.28. The summed E-state index contributed by atoms with van der Waals surface area (Å²) in [6.45, 7) is 2.07. The zero-order valence-electron chi connectivity index (χ0n) is 15.4. The number of urea groups is 1. The van der Waals surface area contributed by atoms with Crippen LogP contribution in [0.25, 0.3) is 0 Å². The van der Waals surface area contributed by atoms with Crippen LogP contribution in [0.5, 0.6) is 11.5 Å². The molecule has 28 heavy (non-hydrogen) atoms. The second kappa shape index (κ2) is 8.67. The highest BCUT2D eigenvalue weighted by atomic mass is 16.5. The molecule has 0 saturated heterocycles. The first-order valence-corrected chi connectivity index (χ1v) is 8.46. The summed E-state index contributed by atoms with van der Waals surface area (Å²) < 4.78 is 10.6. The van der Waals surface area contributed by atoms with Crippen LogP contribution in [0.1, 0.15) is 21.8 Å². The van der Waals surface area contributed by atoms with E-state index in [1.807, 2.05) is 12.1 Å². The minimum atomic E-state index is -0.382. The number of rotatable bonds is 6. The zero-order valence-corrected chi connectivity index (χ0v) is 15.4. The minimum absolute atomic E-state index is 0.272. The van der Waals surface area contributed by atoms with E-state index in [0.717, 1.165) is 5.56 Å². The van der Waals surface area contributed by atoms with Gasteiger partial charge in [-0.1, -0.05) is 17.3 Å². The molecular formula is C19H19N5O4. The Balaban J connectivity index is 1.53. The van der Waals surface area contributed by atoms with Crippen LogP contribution in [0.3, 0.4) is 0 Å². The molecule has 0 saturated carbocycles. The molecule has 0 aliphatic rings. The van der Waals surface area contributed by atoms with E-state index in [4.69, 9.17) is 9.26 Å². The molecule has 0 aliphatic heterocycles. The average Bonchev–Trinajstić information content (AvgIpc) is 3.11. The lowest BCUT2D eigenvalue weighted by Gasteiger charge is -2.09. The summed E-state index contributed by atoms with van der Waals surface area (Å²) in [7, 11) is 1.54. The molecule has 2 aromatic heterocycles. The van der Waals surface area contributed by atoms with Crippen molar-refractivity contribution in [1.29, 1.82) is 0 Å². The van der Waals surface area contributed by atoms with E-state index in [1.54, 1.807) is 37.3 Å². The predicted octanol–water partition coefficient (Wildman–Crippen LogP) is 2.85. The molecule has 3 amide bonds. The van der Waals surface area contributed by atoms with E-state index >= 15 is 0 Å². The van der Waals surface area contributed by atoms with Gasteiger partial charge in [-0.3, -0.25) is 15.1 Å². The van der Waals surface area contributed by atoms with Gasteiger partial charge in [0.25, 0.3) is 5.91 Å². The molecule has 144 valence electrons. The van der Waals surface area contributed by atoms with Crippen LogP contribution in [0, 0.1) is 6.92 Å². The second-order valence-corrected chi connectivity index (χ2v) is 5.83. The predicted molar refractivity (Wildman–Crippen MR) is 101 cm³/mol. The first-order chi connectivity index (χ1) is 13.5. The van der Waals surface area contributed by atoms with E-state index in [1.165, 1.54) is 13.2 Å². The zero-order chi connectivity index (χ0) is 19.9. The van der Waals surface area contributed by atoms with Crippen molar-refractivity contribution in [3.05, 3.63) is 65.7 Å². The van der Waals surface area contributed by atoms with E-state index in [0.29, 0.717) is 29.6 Å². The van der Waals surface area contributed by atoms with Gasteiger partial charge in [-0.2, -0.15) is 0 Å². The Morgan fingerprint density at radius 2 is 1.89 bits per heavy atom. The van der Waals surface area contributed by atoms with Crippen LogP contribution in [0.15, 0.2) is 53.2 Å². The summed E-state index contributed by atoms with van der Waals surface area (Å²) in [5, 5.41) is 11.5. The summed E-state index contributed by atoms with van der Waals surface area (Å²) in [4.78, 5) is 27.5. The van der Waals surface area contributed by atoms with Crippen molar-refractivity contribution < 1.29 is 18.8 Å². The second-order valence-electron chi connectivity index (χ2n) is 5.83. The Bertz CT molecular complexity index is 968. The number of amides is 3. The Labute approximate surface area is 161 Å². The molecule has 0 aliphatic carbocycles. The van der Waals surface area contributed by atoms with Crippen LogP contribution >= 0.6 is 0 Å². The molecule has 0 atom stereocenters. The molecule has 0 radical (unpaired) electrons. The largest absolute Gasteiger partial charge is 0.457 e. The fraction of sp³-hybridized carbons (Fsp3) is 0.158. The fourth-order valence-electron chi connectivity index (χ4n) is 2.31. The molecule has 0 spiro atoms. The van der Waals surface area contributed by atoms with Crippen molar-refractivity contribution in [2.24, 2.45) is 0 Å². The van der Waals surface area contributed by atoms with Gasteiger partial charge in [0.1, 0.15) is 23.0 Å². The van der Waals surface area contributed by atoms with Crippen molar-refractivity contribution in [3.8, 4) is 11.5 Å². The molecule has 0 fully saturated rings. The monoisotopic (exact) mass is 381 g/mol. The highest BCUT2D eigenvalue weighted by Crippen LogP contribution is 2.22. The smallest absolute Gasteiger partial charge is 0.320 e. The molecular weight excluding hydrogens is 362 g/mol. The van der Waals surface area contributed by atoms with Crippen molar-refractivity contribution in [1.82, 2.24) is 20.8 Å². The Morgan fingerprint density at radius 3 is 2.57 bits per heavy atom. The van der Waals surface area contributed by atoms with Crippen LogP contribution in [-0.4, -0.2) is 29.1 Å². The van der Waals surface area contributed by atoms with Crippen LogP contribution in [-0.2, 0) is 6.54 Å². The number of anilines is 1. The number of carbonyl (C=O) groups excluding carboxylic acids is 2. The Kier molecular flexibility index (Phi) is 5.85. The van der Waals surface area contributed by atoms with Crippen LogP contribution in [0.2, 0.25) is 0 Å². The Hall–Kier alpha value is -3.88.